The fourth-order valence-corrected chi connectivity index (χ4v) is 4.93. The lowest BCUT2D eigenvalue weighted by atomic mass is 10.00. The molecule has 0 radical (unpaired) electrons. The molecule has 0 atom stereocenters. The second-order valence-electron chi connectivity index (χ2n) is 8.56. The molecule has 0 spiro atoms. The quantitative estimate of drug-likeness (QED) is 0.711. The van der Waals surface area contributed by atoms with Crippen molar-refractivity contribution in [2.75, 3.05) is 44.2 Å². The Morgan fingerprint density at radius 3 is 2.20 bits per heavy atom. The van der Waals surface area contributed by atoms with Crippen LogP contribution in [-0.4, -0.2) is 65.9 Å². The van der Waals surface area contributed by atoms with E-state index in [1.54, 1.807) is 9.80 Å². The summed E-state index contributed by atoms with van der Waals surface area (Å²) in [4.78, 5) is 35.5. The molecule has 0 saturated carbocycles. The standard InChI is InChI=1S/C23H31N5O2/c1-2-3-9-20-18-8-6-7-17(18)19(16-24)21(25-20)26-12-14-28(15-13-26)23(30)22(29)27-10-4-5-11-27/h2-15H2,1H3. The van der Waals surface area contributed by atoms with Crippen molar-refractivity contribution in [2.24, 2.45) is 0 Å². The first-order chi connectivity index (χ1) is 14.6. The van der Waals surface area contributed by atoms with E-state index < -0.39 is 0 Å². The molecule has 30 heavy (non-hydrogen) atoms. The molecule has 160 valence electrons. The molecule has 7 nitrogen and oxygen atoms in total. The molecule has 0 N–H and O–H groups in total. The lowest BCUT2D eigenvalue weighted by Gasteiger charge is -2.36. The third-order valence-corrected chi connectivity index (χ3v) is 6.65. The Balaban J connectivity index is 1.49. The number of fused-ring (bicyclic) bond motifs is 1. The number of carbonyl (C=O) groups is 2. The van der Waals surface area contributed by atoms with Gasteiger partial charge in [-0.1, -0.05) is 13.3 Å². The Hall–Kier alpha value is -2.62. The van der Waals surface area contributed by atoms with Crippen molar-refractivity contribution >= 4 is 17.6 Å². The first-order valence-corrected chi connectivity index (χ1v) is 11.4. The highest BCUT2D eigenvalue weighted by Gasteiger charge is 2.32. The van der Waals surface area contributed by atoms with Crippen molar-refractivity contribution in [2.45, 2.75) is 58.3 Å². The largest absolute Gasteiger partial charge is 0.352 e. The van der Waals surface area contributed by atoms with Crippen LogP contribution in [0.5, 0.6) is 0 Å². The molecule has 4 rings (SSSR count). The van der Waals surface area contributed by atoms with Gasteiger partial charge in [0.05, 0.1) is 5.56 Å². The minimum atomic E-state index is -0.386. The zero-order chi connectivity index (χ0) is 21.1. The number of piperazine rings is 1. The molecule has 1 aliphatic carbocycles. The van der Waals surface area contributed by atoms with E-state index in [0.717, 1.165) is 68.4 Å². The number of hydrogen-bond acceptors (Lipinski definition) is 5. The van der Waals surface area contributed by atoms with Crippen molar-refractivity contribution in [3.05, 3.63) is 22.4 Å². The second-order valence-corrected chi connectivity index (χ2v) is 8.56. The van der Waals surface area contributed by atoms with Crippen LogP contribution in [0, 0.1) is 11.3 Å². The number of unbranched alkanes of at least 4 members (excludes halogenated alkanes) is 1. The molecule has 3 aliphatic rings. The minimum Gasteiger partial charge on any atom is -0.352 e. The van der Waals surface area contributed by atoms with Gasteiger partial charge in [0, 0.05) is 45.0 Å². The summed E-state index contributed by atoms with van der Waals surface area (Å²) in [5.41, 5.74) is 4.36. The number of hydrogen-bond donors (Lipinski definition) is 0. The number of aromatic nitrogens is 1. The summed E-state index contributed by atoms with van der Waals surface area (Å²) in [5, 5.41) is 9.88. The Morgan fingerprint density at radius 1 is 0.933 bits per heavy atom. The van der Waals surface area contributed by atoms with Gasteiger partial charge in [-0.3, -0.25) is 9.59 Å². The van der Waals surface area contributed by atoms with Crippen molar-refractivity contribution in [3.8, 4) is 6.07 Å². The molecule has 2 fully saturated rings. The van der Waals surface area contributed by atoms with Crippen LogP contribution in [-0.2, 0) is 28.9 Å². The maximum Gasteiger partial charge on any atom is 0.312 e. The number of amides is 2. The molecular formula is C23H31N5O2. The molecule has 0 bridgehead atoms. The van der Waals surface area contributed by atoms with Crippen LogP contribution in [0.25, 0.3) is 0 Å². The van der Waals surface area contributed by atoms with E-state index in [9.17, 15) is 14.9 Å². The van der Waals surface area contributed by atoms with Crippen LogP contribution in [0.15, 0.2) is 0 Å². The molecule has 1 aromatic rings. The Morgan fingerprint density at radius 2 is 1.57 bits per heavy atom. The van der Waals surface area contributed by atoms with Gasteiger partial charge in [-0.25, -0.2) is 4.98 Å². The van der Waals surface area contributed by atoms with Gasteiger partial charge in [-0.15, -0.1) is 0 Å². The zero-order valence-electron chi connectivity index (χ0n) is 18.0. The van der Waals surface area contributed by atoms with Gasteiger partial charge >= 0.3 is 11.8 Å². The maximum absolute atomic E-state index is 12.6. The third kappa shape index (κ3) is 3.88. The summed E-state index contributed by atoms with van der Waals surface area (Å²) in [6.45, 7) is 5.76. The Labute approximate surface area is 178 Å². The lowest BCUT2D eigenvalue weighted by molar-refractivity contribution is -0.151. The van der Waals surface area contributed by atoms with Crippen LogP contribution in [0.4, 0.5) is 5.82 Å². The first kappa shape index (κ1) is 20.6. The molecule has 7 heteroatoms. The van der Waals surface area contributed by atoms with Crippen LogP contribution in [0.1, 0.15) is 61.4 Å². The number of carbonyl (C=O) groups excluding carboxylic acids is 2. The van der Waals surface area contributed by atoms with E-state index in [1.807, 2.05) is 0 Å². The number of rotatable bonds is 4. The van der Waals surface area contributed by atoms with E-state index >= 15 is 0 Å². The first-order valence-electron chi connectivity index (χ1n) is 11.4. The second kappa shape index (κ2) is 9.03. The number of anilines is 1. The molecule has 2 saturated heterocycles. The molecule has 2 aliphatic heterocycles. The number of pyridine rings is 1. The number of aryl methyl sites for hydroxylation is 1. The van der Waals surface area contributed by atoms with Gasteiger partial charge in [0.25, 0.3) is 0 Å². The van der Waals surface area contributed by atoms with Crippen LogP contribution < -0.4 is 4.90 Å². The summed E-state index contributed by atoms with van der Waals surface area (Å²) in [6, 6.07) is 2.42. The van der Waals surface area contributed by atoms with E-state index in [2.05, 4.69) is 17.9 Å². The summed E-state index contributed by atoms with van der Waals surface area (Å²) in [7, 11) is 0. The van der Waals surface area contributed by atoms with E-state index in [4.69, 9.17) is 4.98 Å². The van der Waals surface area contributed by atoms with Crippen molar-refractivity contribution in [1.29, 1.82) is 5.26 Å². The summed E-state index contributed by atoms with van der Waals surface area (Å²) in [6.07, 6.45) is 8.22. The summed E-state index contributed by atoms with van der Waals surface area (Å²) < 4.78 is 0. The van der Waals surface area contributed by atoms with E-state index in [0.29, 0.717) is 39.3 Å². The average Bonchev–Trinajstić information content (AvgIpc) is 3.48. The topological polar surface area (TPSA) is 80.5 Å². The number of nitriles is 1. The maximum atomic E-state index is 12.6. The molecule has 0 unspecified atom stereocenters. The molecule has 3 heterocycles. The van der Waals surface area contributed by atoms with Gasteiger partial charge in [-0.05, 0) is 56.1 Å². The molecule has 0 aromatic carbocycles. The number of nitrogens with zero attached hydrogens (tertiary/aromatic N) is 5. The monoisotopic (exact) mass is 409 g/mol. The predicted molar refractivity (Wildman–Crippen MR) is 114 cm³/mol. The van der Waals surface area contributed by atoms with Gasteiger partial charge in [-0.2, -0.15) is 5.26 Å². The number of likely N-dealkylation sites (tertiary alicyclic amines) is 1. The zero-order valence-corrected chi connectivity index (χ0v) is 18.0. The third-order valence-electron chi connectivity index (χ3n) is 6.65. The fraction of sp³-hybridized carbons (Fsp3) is 0.652. The Kier molecular flexibility index (Phi) is 6.21. The predicted octanol–water partition coefficient (Wildman–Crippen LogP) is 2.06. The van der Waals surface area contributed by atoms with Crippen molar-refractivity contribution in [1.82, 2.24) is 14.8 Å². The highest BCUT2D eigenvalue weighted by atomic mass is 16.2. The SMILES string of the molecule is CCCCc1nc(N2CCN(C(=O)C(=O)N3CCCC3)CC2)c(C#N)c2c1CCC2. The molecule has 1 aromatic heterocycles. The normalized spacial score (nSPS) is 18.5. The summed E-state index contributed by atoms with van der Waals surface area (Å²) in [5.74, 6) is 0.0287. The van der Waals surface area contributed by atoms with Gasteiger partial charge < -0.3 is 14.7 Å². The van der Waals surface area contributed by atoms with Crippen molar-refractivity contribution < 1.29 is 9.59 Å². The van der Waals surface area contributed by atoms with Gasteiger partial charge in [0.1, 0.15) is 11.9 Å². The fourth-order valence-electron chi connectivity index (χ4n) is 4.93. The minimum absolute atomic E-state index is 0.365. The van der Waals surface area contributed by atoms with E-state index in [-0.39, 0.29) is 11.8 Å². The highest BCUT2D eigenvalue weighted by molar-refractivity contribution is 6.35. The van der Waals surface area contributed by atoms with Crippen LogP contribution in [0.3, 0.4) is 0 Å². The molecular weight excluding hydrogens is 378 g/mol. The summed E-state index contributed by atoms with van der Waals surface area (Å²) >= 11 is 0. The van der Waals surface area contributed by atoms with Gasteiger partial charge in [0.15, 0.2) is 0 Å². The lowest BCUT2D eigenvalue weighted by Crippen LogP contribution is -2.53. The molecule has 2 amide bonds. The average molecular weight is 410 g/mol. The van der Waals surface area contributed by atoms with Crippen LogP contribution >= 0.6 is 0 Å². The Bertz CT molecular complexity index is 861. The van der Waals surface area contributed by atoms with Crippen LogP contribution in [0.2, 0.25) is 0 Å². The smallest absolute Gasteiger partial charge is 0.312 e. The van der Waals surface area contributed by atoms with E-state index in [1.165, 1.54) is 11.1 Å². The van der Waals surface area contributed by atoms with Gasteiger partial charge in [0.2, 0.25) is 0 Å². The highest BCUT2D eigenvalue weighted by Crippen LogP contribution is 2.34. The van der Waals surface area contributed by atoms with Crippen molar-refractivity contribution in [3.63, 3.8) is 0 Å².